The van der Waals surface area contributed by atoms with Crippen LogP contribution in [0.1, 0.15) is 27.0 Å². The fraction of sp³-hybridized carbons (Fsp3) is 0.269. The maximum atomic E-state index is 13.2. The van der Waals surface area contributed by atoms with Crippen molar-refractivity contribution in [3.63, 3.8) is 0 Å². The molecular formula is C26H29N3O5S2. The van der Waals surface area contributed by atoms with E-state index in [1.165, 1.54) is 10.4 Å². The zero-order chi connectivity index (χ0) is 26.1. The number of piperazine rings is 1. The van der Waals surface area contributed by atoms with Crippen LogP contribution in [-0.2, 0) is 20.0 Å². The first-order chi connectivity index (χ1) is 17.0. The molecule has 1 heterocycles. The Bertz CT molecular complexity index is 1490. The molecule has 0 aromatic heterocycles. The van der Waals surface area contributed by atoms with Gasteiger partial charge in [-0.3, -0.25) is 9.52 Å². The van der Waals surface area contributed by atoms with Crippen LogP contribution in [0.25, 0.3) is 0 Å². The summed E-state index contributed by atoms with van der Waals surface area (Å²) in [6.07, 6.45) is 0. The average Bonchev–Trinajstić information content (AvgIpc) is 2.84. The van der Waals surface area contributed by atoms with Crippen molar-refractivity contribution in [2.24, 2.45) is 0 Å². The number of sulfonamides is 2. The molecular weight excluding hydrogens is 498 g/mol. The summed E-state index contributed by atoms with van der Waals surface area (Å²) in [5.41, 5.74) is 3.08. The largest absolute Gasteiger partial charge is 0.336 e. The Labute approximate surface area is 212 Å². The second-order valence-corrected chi connectivity index (χ2v) is 12.6. The Balaban J connectivity index is 1.49. The zero-order valence-corrected chi connectivity index (χ0v) is 22.1. The van der Waals surface area contributed by atoms with Crippen molar-refractivity contribution in [3.05, 3.63) is 89.0 Å². The molecule has 190 valence electrons. The zero-order valence-electron chi connectivity index (χ0n) is 20.4. The first-order valence-corrected chi connectivity index (χ1v) is 14.5. The molecule has 10 heteroatoms. The van der Waals surface area contributed by atoms with Crippen molar-refractivity contribution in [3.8, 4) is 0 Å². The van der Waals surface area contributed by atoms with E-state index >= 15 is 0 Å². The number of rotatable bonds is 6. The Morgan fingerprint density at radius 3 is 2.08 bits per heavy atom. The molecule has 0 saturated carbocycles. The minimum atomic E-state index is -3.92. The van der Waals surface area contributed by atoms with E-state index in [-0.39, 0.29) is 47.4 Å². The maximum Gasteiger partial charge on any atom is 0.262 e. The van der Waals surface area contributed by atoms with Gasteiger partial charge in [-0.2, -0.15) is 4.31 Å². The molecule has 1 saturated heterocycles. The van der Waals surface area contributed by atoms with Crippen LogP contribution < -0.4 is 4.72 Å². The van der Waals surface area contributed by atoms with Gasteiger partial charge >= 0.3 is 0 Å². The van der Waals surface area contributed by atoms with Crippen molar-refractivity contribution < 1.29 is 21.6 Å². The first-order valence-electron chi connectivity index (χ1n) is 11.5. The van der Waals surface area contributed by atoms with Gasteiger partial charge in [-0.15, -0.1) is 0 Å². The summed E-state index contributed by atoms with van der Waals surface area (Å²) in [7, 11) is -7.57. The van der Waals surface area contributed by atoms with Crippen LogP contribution in [-0.4, -0.2) is 58.1 Å². The SMILES string of the molecule is Cc1ccc(S(=O)(=O)N2CCN(C(=O)c3ccc(C)c(S(=O)(=O)Nc4cccc(C)c4)c3)CC2)cc1. The van der Waals surface area contributed by atoms with Crippen LogP contribution in [0.4, 0.5) is 5.69 Å². The molecule has 0 bridgehead atoms. The summed E-state index contributed by atoms with van der Waals surface area (Å²) in [6, 6.07) is 18.3. The van der Waals surface area contributed by atoms with Crippen LogP contribution in [0.5, 0.6) is 0 Å². The highest BCUT2D eigenvalue weighted by molar-refractivity contribution is 7.92. The number of hydrogen-bond donors (Lipinski definition) is 1. The second-order valence-electron chi connectivity index (χ2n) is 8.96. The molecule has 1 aliphatic rings. The van der Waals surface area contributed by atoms with Gasteiger partial charge in [-0.25, -0.2) is 16.8 Å². The number of benzene rings is 3. The molecule has 36 heavy (non-hydrogen) atoms. The first kappa shape index (κ1) is 25.9. The van der Waals surface area contributed by atoms with E-state index in [1.54, 1.807) is 66.4 Å². The Hall–Kier alpha value is -3.21. The molecule has 1 fully saturated rings. The molecule has 0 atom stereocenters. The third-order valence-electron chi connectivity index (χ3n) is 6.18. The fourth-order valence-corrected chi connectivity index (χ4v) is 6.86. The van der Waals surface area contributed by atoms with E-state index in [9.17, 15) is 21.6 Å². The summed E-state index contributed by atoms with van der Waals surface area (Å²) in [4.78, 5) is 15.0. The highest BCUT2D eigenvalue weighted by Gasteiger charge is 2.31. The average molecular weight is 528 g/mol. The Morgan fingerprint density at radius 1 is 0.778 bits per heavy atom. The van der Waals surface area contributed by atoms with E-state index in [0.29, 0.717) is 11.3 Å². The lowest BCUT2D eigenvalue weighted by molar-refractivity contribution is 0.0697. The van der Waals surface area contributed by atoms with Gasteiger partial charge in [0.2, 0.25) is 10.0 Å². The van der Waals surface area contributed by atoms with Crippen LogP contribution in [0, 0.1) is 20.8 Å². The third kappa shape index (κ3) is 5.45. The molecule has 8 nitrogen and oxygen atoms in total. The summed E-state index contributed by atoms with van der Waals surface area (Å²) in [6.45, 7) is 6.17. The standard InChI is InChI=1S/C26H29N3O5S2/c1-19-7-11-24(12-8-19)36(33,34)29-15-13-28(14-16-29)26(30)22-10-9-21(3)25(18-22)35(31,32)27-23-6-4-5-20(2)17-23/h4-12,17-18,27H,13-16H2,1-3H3. The minimum Gasteiger partial charge on any atom is -0.336 e. The number of carbonyl (C=O) groups excluding carboxylic acids is 1. The summed E-state index contributed by atoms with van der Waals surface area (Å²) in [5, 5.41) is 0. The molecule has 0 aliphatic carbocycles. The van der Waals surface area contributed by atoms with E-state index in [2.05, 4.69) is 4.72 Å². The summed E-state index contributed by atoms with van der Waals surface area (Å²) < 4.78 is 56.0. The number of nitrogens with zero attached hydrogens (tertiary/aromatic N) is 2. The quantitative estimate of drug-likeness (QED) is 0.528. The van der Waals surface area contributed by atoms with Gasteiger partial charge in [-0.1, -0.05) is 35.9 Å². The van der Waals surface area contributed by atoms with E-state index in [1.807, 2.05) is 19.9 Å². The summed E-state index contributed by atoms with van der Waals surface area (Å²) >= 11 is 0. The van der Waals surface area contributed by atoms with Crippen molar-refractivity contribution in [2.45, 2.75) is 30.6 Å². The predicted molar refractivity (Wildman–Crippen MR) is 139 cm³/mol. The minimum absolute atomic E-state index is 0.0236. The second kappa shape index (κ2) is 10.0. The molecule has 0 unspecified atom stereocenters. The number of hydrogen-bond acceptors (Lipinski definition) is 5. The molecule has 4 rings (SSSR count). The topological polar surface area (TPSA) is 104 Å². The van der Waals surface area contributed by atoms with Crippen LogP contribution >= 0.6 is 0 Å². The molecule has 0 spiro atoms. The molecule has 1 N–H and O–H groups in total. The Kier molecular flexibility index (Phi) is 7.21. The van der Waals surface area contributed by atoms with Crippen molar-refractivity contribution in [2.75, 3.05) is 30.9 Å². The van der Waals surface area contributed by atoms with E-state index < -0.39 is 20.0 Å². The van der Waals surface area contributed by atoms with Gasteiger partial charge in [0, 0.05) is 37.4 Å². The van der Waals surface area contributed by atoms with E-state index in [0.717, 1.165) is 11.1 Å². The van der Waals surface area contributed by atoms with Crippen LogP contribution in [0.3, 0.4) is 0 Å². The van der Waals surface area contributed by atoms with Gasteiger partial charge in [-0.05, 0) is 68.3 Å². The Morgan fingerprint density at radius 2 is 1.44 bits per heavy atom. The smallest absolute Gasteiger partial charge is 0.262 e. The van der Waals surface area contributed by atoms with Crippen molar-refractivity contribution >= 4 is 31.6 Å². The molecule has 3 aromatic rings. The lowest BCUT2D eigenvalue weighted by Gasteiger charge is -2.34. The van der Waals surface area contributed by atoms with Gasteiger partial charge < -0.3 is 4.90 Å². The number of anilines is 1. The van der Waals surface area contributed by atoms with Crippen LogP contribution in [0.15, 0.2) is 76.5 Å². The van der Waals surface area contributed by atoms with Gasteiger partial charge in [0.15, 0.2) is 0 Å². The van der Waals surface area contributed by atoms with Gasteiger partial charge in [0.1, 0.15) is 0 Å². The number of carbonyl (C=O) groups is 1. The number of aryl methyl sites for hydroxylation is 3. The number of nitrogens with one attached hydrogen (secondary N) is 1. The van der Waals surface area contributed by atoms with Gasteiger partial charge in [0.05, 0.1) is 9.79 Å². The van der Waals surface area contributed by atoms with Gasteiger partial charge in [0.25, 0.3) is 15.9 Å². The van der Waals surface area contributed by atoms with Crippen LogP contribution in [0.2, 0.25) is 0 Å². The van der Waals surface area contributed by atoms with Crippen molar-refractivity contribution in [1.29, 1.82) is 0 Å². The monoisotopic (exact) mass is 527 g/mol. The highest BCUT2D eigenvalue weighted by atomic mass is 32.2. The fourth-order valence-electron chi connectivity index (χ4n) is 4.11. The normalized spacial score (nSPS) is 15.0. The molecule has 1 aliphatic heterocycles. The highest BCUT2D eigenvalue weighted by Crippen LogP contribution is 2.23. The van der Waals surface area contributed by atoms with Crippen molar-refractivity contribution in [1.82, 2.24) is 9.21 Å². The maximum absolute atomic E-state index is 13.2. The number of amides is 1. The molecule has 0 radical (unpaired) electrons. The summed E-state index contributed by atoms with van der Waals surface area (Å²) in [5.74, 6) is -0.339. The lowest BCUT2D eigenvalue weighted by atomic mass is 10.1. The molecule has 1 amide bonds. The predicted octanol–water partition coefficient (Wildman–Crippen LogP) is 3.56. The molecule has 3 aromatic carbocycles. The third-order valence-corrected chi connectivity index (χ3v) is 9.62. The lowest BCUT2D eigenvalue weighted by Crippen LogP contribution is -2.50. The van der Waals surface area contributed by atoms with E-state index in [4.69, 9.17) is 0 Å².